The first kappa shape index (κ1) is 21.7. The first-order valence-electron chi connectivity index (χ1n) is 7.80. The summed E-state index contributed by atoms with van der Waals surface area (Å²) in [5, 5.41) is 0. The molecule has 0 bridgehead atoms. The third-order valence-corrected chi connectivity index (χ3v) is 9.94. The van der Waals surface area contributed by atoms with Crippen LogP contribution in [0.1, 0.15) is 19.8 Å². The van der Waals surface area contributed by atoms with E-state index in [1.807, 2.05) is 0 Å². The zero-order chi connectivity index (χ0) is 17.2. The van der Waals surface area contributed by atoms with Gasteiger partial charge in [-0.15, -0.1) is 0 Å². The van der Waals surface area contributed by atoms with Gasteiger partial charge in [-0.1, -0.05) is 6.08 Å². The van der Waals surface area contributed by atoms with Crippen LogP contribution in [0.2, 0.25) is 39.3 Å². The number of rotatable bonds is 11. The topological polar surface area (TPSA) is 54.0 Å². The molecule has 0 aromatic heterocycles. The Labute approximate surface area is 139 Å². The summed E-state index contributed by atoms with van der Waals surface area (Å²) in [6.45, 7) is 15.7. The van der Waals surface area contributed by atoms with Crippen molar-refractivity contribution in [2.45, 2.75) is 59.0 Å². The fraction of sp³-hybridized carbons (Fsp3) is 0.786. The van der Waals surface area contributed by atoms with Crippen LogP contribution in [-0.2, 0) is 22.2 Å². The first-order chi connectivity index (χ1) is 10.0. The second-order valence-corrected chi connectivity index (χ2v) is 18.2. The largest absolute Gasteiger partial charge is 0.463 e. The van der Waals surface area contributed by atoms with Crippen LogP contribution in [0.25, 0.3) is 0 Å². The molecule has 0 amide bonds. The maximum atomic E-state index is 11.1. The highest BCUT2D eigenvalue weighted by molar-refractivity contribution is 6.79. The Balaban J connectivity index is 4.00. The van der Waals surface area contributed by atoms with Gasteiger partial charge in [-0.2, -0.15) is 0 Å². The van der Waals surface area contributed by atoms with Crippen LogP contribution in [0.5, 0.6) is 0 Å². The molecule has 0 unspecified atom stereocenters. The van der Waals surface area contributed by atoms with Crippen molar-refractivity contribution in [2.75, 3.05) is 13.2 Å². The molecule has 0 atom stereocenters. The van der Waals surface area contributed by atoms with Crippen LogP contribution in [0.3, 0.4) is 0 Å². The fourth-order valence-corrected chi connectivity index (χ4v) is 7.56. The van der Waals surface area contributed by atoms with Gasteiger partial charge in [-0.05, 0) is 59.0 Å². The molecule has 0 saturated heterocycles. The number of carbonyl (C=O) groups excluding carboxylic acids is 1. The lowest BCUT2D eigenvalue weighted by Gasteiger charge is -2.29. The Morgan fingerprint density at radius 3 is 1.91 bits per heavy atom. The lowest BCUT2D eigenvalue weighted by molar-refractivity contribution is -0.137. The highest BCUT2D eigenvalue weighted by Gasteiger charge is 2.30. The van der Waals surface area contributed by atoms with Gasteiger partial charge in [-0.25, -0.2) is 4.79 Å². The molecule has 0 rings (SSSR count). The predicted octanol–water partition coefficient (Wildman–Crippen LogP) is 3.32. The maximum Gasteiger partial charge on any atom is 0.463 e. The van der Waals surface area contributed by atoms with Gasteiger partial charge in [-0.3, -0.25) is 0 Å². The molecule has 22 heavy (non-hydrogen) atoms. The van der Waals surface area contributed by atoms with Crippen molar-refractivity contribution in [3.8, 4) is 0 Å². The van der Waals surface area contributed by atoms with Crippen molar-refractivity contribution >= 4 is 32.1 Å². The van der Waals surface area contributed by atoms with Gasteiger partial charge >= 0.3 is 15.5 Å². The molecule has 0 spiro atoms. The summed E-state index contributed by atoms with van der Waals surface area (Å²) in [5.74, 6) is -0.292. The summed E-state index contributed by atoms with van der Waals surface area (Å²) >= 11 is 0. The molecule has 0 aromatic carbocycles. The maximum absolute atomic E-state index is 11.1. The van der Waals surface area contributed by atoms with E-state index in [4.69, 9.17) is 17.4 Å². The fourth-order valence-electron chi connectivity index (χ4n) is 1.41. The van der Waals surface area contributed by atoms with E-state index in [1.165, 1.54) is 6.08 Å². The standard InChI is InChI=1S/C14H32O5Si3/c1-8-11-14(15)16-12-9-10-13-17-20(18-21(2,3)4)19-22(5,6)7/h8,11,20H,9-10,12-13H2,1-7H3. The molecule has 0 radical (unpaired) electrons. The van der Waals surface area contributed by atoms with E-state index < -0.39 is 26.2 Å². The van der Waals surface area contributed by atoms with Gasteiger partial charge in [0.15, 0.2) is 16.6 Å². The zero-order valence-corrected chi connectivity index (χ0v) is 18.3. The van der Waals surface area contributed by atoms with Gasteiger partial charge in [0.05, 0.1) is 6.61 Å². The number of carbonyl (C=O) groups is 1. The Morgan fingerprint density at radius 1 is 0.955 bits per heavy atom. The van der Waals surface area contributed by atoms with E-state index in [0.29, 0.717) is 13.2 Å². The van der Waals surface area contributed by atoms with E-state index >= 15 is 0 Å². The van der Waals surface area contributed by atoms with Gasteiger partial charge in [0, 0.05) is 12.7 Å². The van der Waals surface area contributed by atoms with Gasteiger partial charge in [0.2, 0.25) is 0 Å². The van der Waals surface area contributed by atoms with Crippen LogP contribution in [0, 0.1) is 0 Å². The normalized spacial score (nSPS) is 13.1. The van der Waals surface area contributed by atoms with Crippen molar-refractivity contribution in [1.82, 2.24) is 0 Å². The van der Waals surface area contributed by atoms with E-state index in [9.17, 15) is 4.79 Å². The molecule has 0 aliphatic rings. The summed E-state index contributed by atoms with van der Waals surface area (Å²) in [4.78, 5) is 11.1. The number of ether oxygens (including phenoxy) is 1. The van der Waals surface area contributed by atoms with Crippen molar-refractivity contribution in [3.63, 3.8) is 0 Å². The number of allylic oxidation sites excluding steroid dienone is 1. The summed E-state index contributed by atoms with van der Waals surface area (Å²) in [6.07, 6.45) is 4.70. The van der Waals surface area contributed by atoms with Crippen LogP contribution in [-0.4, -0.2) is 45.3 Å². The number of unbranched alkanes of at least 4 members (excludes halogenated alkanes) is 1. The van der Waals surface area contributed by atoms with Crippen LogP contribution >= 0.6 is 0 Å². The Morgan fingerprint density at radius 2 is 1.45 bits per heavy atom. The third-order valence-electron chi connectivity index (χ3n) is 2.24. The van der Waals surface area contributed by atoms with Gasteiger partial charge in [0.25, 0.3) is 0 Å². The highest BCUT2D eigenvalue weighted by Crippen LogP contribution is 2.13. The Hall–Kier alpha value is -0.259. The van der Waals surface area contributed by atoms with Crippen molar-refractivity contribution in [3.05, 3.63) is 12.2 Å². The van der Waals surface area contributed by atoms with Crippen molar-refractivity contribution in [1.29, 1.82) is 0 Å². The minimum Gasteiger partial charge on any atom is -0.463 e. The summed E-state index contributed by atoms with van der Waals surface area (Å²) < 4.78 is 23.0. The van der Waals surface area contributed by atoms with Crippen molar-refractivity contribution < 1.29 is 22.2 Å². The van der Waals surface area contributed by atoms with Crippen LogP contribution in [0.15, 0.2) is 12.2 Å². The van der Waals surface area contributed by atoms with E-state index in [1.54, 1.807) is 13.0 Å². The summed E-state index contributed by atoms with van der Waals surface area (Å²) in [6, 6.07) is 0. The average Bonchev–Trinajstić information content (AvgIpc) is 2.29. The van der Waals surface area contributed by atoms with Crippen LogP contribution < -0.4 is 0 Å². The molecule has 0 heterocycles. The lowest BCUT2D eigenvalue weighted by Crippen LogP contribution is -2.45. The van der Waals surface area contributed by atoms with E-state index in [0.717, 1.165) is 12.8 Å². The highest BCUT2D eigenvalue weighted by atomic mass is 28.5. The minimum atomic E-state index is -2.06. The van der Waals surface area contributed by atoms with E-state index in [2.05, 4.69) is 39.3 Å². The molecular formula is C14H32O5Si3. The first-order valence-corrected chi connectivity index (χ1v) is 16.0. The second kappa shape index (κ2) is 10.5. The monoisotopic (exact) mass is 364 g/mol. The summed E-state index contributed by atoms with van der Waals surface area (Å²) in [7, 11) is -5.39. The average molecular weight is 365 g/mol. The molecule has 0 aromatic rings. The number of hydrogen-bond acceptors (Lipinski definition) is 5. The third kappa shape index (κ3) is 14.7. The van der Waals surface area contributed by atoms with Crippen molar-refractivity contribution in [2.24, 2.45) is 0 Å². The Kier molecular flexibility index (Phi) is 10.4. The van der Waals surface area contributed by atoms with Crippen LogP contribution in [0.4, 0.5) is 0 Å². The molecule has 0 saturated carbocycles. The van der Waals surface area contributed by atoms with Gasteiger partial charge in [0.1, 0.15) is 0 Å². The summed E-state index contributed by atoms with van der Waals surface area (Å²) in [5.41, 5.74) is 0. The molecule has 130 valence electrons. The molecule has 8 heteroatoms. The molecule has 0 fully saturated rings. The second-order valence-electron chi connectivity index (χ2n) is 6.99. The SMILES string of the molecule is CC=CC(=O)OCCCCO[SiH](O[Si](C)(C)C)O[Si](C)(C)C. The quantitative estimate of drug-likeness (QED) is 0.244. The molecule has 0 aliphatic heterocycles. The minimum absolute atomic E-state index is 0.292. The van der Waals surface area contributed by atoms with E-state index in [-0.39, 0.29) is 5.97 Å². The lowest BCUT2D eigenvalue weighted by atomic mass is 10.3. The molecular weight excluding hydrogens is 332 g/mol. The van der Waals surface area contributed by atoms with Gasteiger partial charge < -0.3 is 17.4 Å². The predicted molar refractivity (Wildman–Crippen MR) is 97.0 cm³/mol. The molecule has 0 N–H and O–H groups in total. The molecule has 0 aliphatic carbocycles. The number of hydrogen-bond donors (Lipinski definition) is 0. The Bertz CT molecular complexity index is 331. The molecule has 5 nitrogen and oxygen atoms in total. The number of esters is 1. The zero-order valence-electron chi connectivity index (χ0n) is 15.1. The smallest absolute Gasteiger partial charge is 0.463 e.